The van der Waals surface area contributed by atoms with Crippen molar-refractivity contribution in [3.63, 3.8) is 0 Å². The van der Waals surface area contributed by atoms with E-state index >= 15 is 0 Å². The Morgan fingerprint density at radius 3 is 2.85 bits per heavy atom. The minimum Gasteiger partial charge on any atom is -0.376 e. The summed E-state index contributed by atoms with van der Waals surface area (Å²) in [6.07, 6.45) is 6.19. The van der Waals surface area contributed by atoms with Crippen LogP contribution in [0, 0.1) is 12.3 Å². The van der Waals surface area contributed by atoms with Gasteiger partial charge in [-0.2, -0.15) is 0 Å². The maximum atomic E-state index is 11.3. The third-order valence-electron chi connectivity index (χ3n) is 2.55. The van der Waals surface area contributed by atoms with Crippen LogP contribution in [0.15, 0.2) is 0 Å². The van der Waals surface area contributed by atoms with E-state index in [2.05, 4.69) is 5.92 Å². The molecule has 1 heterocycles. The summed E-state index contributed by atoms with van der Waals surface area (Å²) in [6.45, 7) is 5.17. The molecule has 1 saturated heterocycles. The predicted octanol–water partition coefficient (Wildman–Crippen LogP) is 0.647. The van der Waals surface area contributed by atoms with Crippen molar-refractivity contribution in [2.75, 3.05) is 19.8 Å². The quantitative estimate of drug-likeness (QED) is 0.556. The van der Waals surface area contributed by atoms with Gasteiger partial charge in [0, 0.05) is 13.5 Å². The van der Waals surface area contributed by atoms with Crippen molar-refractivity contribution in [1.29, 1.82) is 0 Å². The Bertz CT molecular complexity index is 244. The summed E-state index contributed by atoms with van der Waals surface area (Å²) in [7, 11) is 0. The van der Waals surface area contributed by atoms with Gasteiger partial charge in [-0.1, -0.05) is 12.8 Å². The second-order valence-electron chi connectivity index (χ2n) is 3.25. The molecule has 0 spiro atoms. The molecule has 1 aliphatic heterocycles. The Morgan fingerprint density at radius 2 is 2.46 bits per heavy atom. The second-order valence-corrected chi connectivity index (χ2v) is 3.25. The van der Waals surface area contributed by atoms with Crippen LogP contribution in [-0.2, 0) is 9.53 Å². The van der Waals surface area contributed by atoms with E-state index in [4.69, 9.17) is 11.2 Å². The molecule has 3 heteroatoms. The lowest BCUT2D eigenvalue weighted by atomic mass is 9.94. The van der Waals surface area contributed by atoms with Gasteiger partial charge in [0.25, 0.3) is 0 Å². The standard InChI is InChI=1S/C10H15NO2/c1-4-10(5-2)8-13-7-6-11(10)9(3)12/h1H,5-8H2,2-3H3. The molecular weight excluding hydrogens is 166 g/mol. The number of carbonyl (C=O) groups excluding carboxylic acids is 1. The molecule has 0 aromatic heterocycles. The summed E-state index contributed by atoms with van der Waals surface area (Å²) in [4.78, 5) is 13.0. The van der Waals surface area contributed by atoms with Crippen LogP contribution in [-0.4, -0.2) is 36.1 Å². The number of nitrogens with zero attached hydrogens (tertiary/aromatic N) is 1. The van der Waals surface area contributed by atoms with Crippen molar-refractivity contribution < 1.29 is 9.53 Å². The van der Waals surface area contributed by atoms with Crippen molar-refractivity contribution in [2.24, 2.45) is 0 Å². The molecule has 1 atom stereocenters. The number of morpholine rings is 1. The minimum atomic E-state index is -0.510. The molecule has 1 rings (SSSR count). The molecule has 0 aromatic rings. The lowest BCUT2D eigenvalue weighted by molar-refractivity contribution is -0.142. The highest BCUT2D eigenvalue weighted by molar-refractivity contribution is 5.75. The Labute approximate surface area is 79.1 Å². The number of terminal acetylenes is 1. The fraction of sp³-hybridized carbons (Fsp3) is 0.700. The zero-order chi connectivity index (χ0) is 9.90. The van der Waals surface area contributed by atoms with E-state index in [1.54, 1.807) is 11.8 Å². The fourth-order valence-corrected chi connectivity index (χ4v) is 1.66. The lowest BCUT2D eigenvalue weighted by Crippen LogP contribution is -2.57. The van der Waals surface area contributed by atoms with Crippen molar-refractivity contribution in [3.8, 4) is 12.3 Å². The fourth-order valence-electron chi connectivity index (χ4n) is 1.66. The summed E-state index contributed by atoms with van der Waals surface area (Å²) in [6, 6.07) is 0. The molecule has 0 aliphatic carbocycles. The Hall–Kier alpha value is -1.01. The van der Waals surface area contributed by atoms with Crippen LogP contribution in [0.1, 0.15) is 20.3 Å². The molecule has 1 aliphatic rings. The maximum Gasteiger partial charge on any atom is 0.220 e. The van der Waals surface area contributed by atoms with Crippen LogP contribution in [0.25, 0.3) is 0 Å². The SMILES string of the molecule is C#CC1(CC)COCCN1C(C)=O. The average Bonchev–Trinajstić information content (AvgIpc) is 2.17. The number of rotatable bonds is 1. The average molecular weight is 181 g/mol. The van der Waals surface area contributed by atoms with Gasteiger partial charge in [-0.25, -0.2) is 0 Å². The minimum absolute atomic E-state index is 0.0306. The van der Waals surface area contributed by atoms with Crippen LogP contribution in [0.3, 0.4) is 0 Å². The summed E-state index contributed by atoms with van der Waals surface area (Å²) in [5.74, 6) is 2.71. The zero-order valence-corrected chi connectivity index (χ0v) is 8.17. The van der Waals surface area contributed by atoms with Gasteiger partial charge in [0.1, 0.15) is 5.54 Å². The van der Waals surface area contributed by atoms with Crippen molar-refractivity contribution in [1.82, 2.24) is 4.90 Å². The number of hydrogen-bond acceptors (Lipinski definition) is 2. The summed E-state index contributed by atoms with van der Waals surface area (Å²) in [5, 5.41) is 0. The van der Waals surface area contributed by atoms with Gasteiger partial charge in [-0.3, -0.25) is 4.79 Å². The predicted molar refractivity (Wildman–Crippen MR) is 50.1 cm³/mol. The molecular formula is C10H15NO2. The summed E-state index contributed by atoms with van der Waals surface area (Å²) in [5.41, 5.74) is -0.510. The Morgan fingerprint density at radius 1 is 1.77 bits per heavy atom. The number of amides is 1. The van der Waals surface area contributed by atoms with E-state index in [0.717, 1.165) is 6.42 Å². The molecule has 3 nitrogen and oxygen atoms in total. The van der Waals surface area contributed by atoms with E-state index < -0.39 is 5.54 Å². The first kappa shape index (κ1) is 10.1. The molecule has 0 N–H and O–H groups in total. The van der Waals surface area contributed by atoms with Crippen molar-refractivity contribution in [3.05, 3.63) is 0 Å². The molecule has 0 saturated carbocycles. The first-order valence-electron chi connectivity index (χ1n) is 4.50. The third kappa shape index (κ3) is 1.68. The van der Waals surface area contributed by atoms with Gasteiger partial charge in [0.05, 0.1) is 13.2 Å². The zero-order valence-electron chi connectivity index (χ0n) is 8.17. The van der Waals surface area contributed by atoms with E-state index in [-0.39, 0.29) is 5.91 Å². The maximum absolute atomic E-state index is 11.3. The van der Waals surface area contributed by atoms with Crippen molar-refractivity contribution >= 4 is 5.91 Å². The summed E-state index contributed by atoms with van der Waals surface area (Å²) >= 11 is 0. The van der Waals surface area contributed by atoms with E-state index in [0.29, 0.717) is 19.8 Å². The van der Waals surface area contributed by atoms with E-state index in [1.807, 2.05) is 6.92 Å². The molecule has 72 valence electrons. The molecule has 0 bridgehead atoms. The summed E-state index contributed by atoms with van der Waals surface area (Å²) < 4.78 is 5.31. The highest BCUT2D eigenvalue weighted by atomic mass is 16.5. The second kappa shape index (κ2) is 3.80. The third-order valence-corrected chi connectivity index (χ3v) is 2.55. The van der Waals surface area contributed by atoms with Gasteiger partial charge >= 0.3 is 0 Å². The Balaban J connectivity index is 2.89. The van der Waals surface area contributed by atoms with Crippen molar-refractivity contribution in [2.45, 2.75) is 25.8 Å². The number of carbonyl (C=O) groups is 1. The van der Waals surface area contributed by atoms with Crippen LogP contribution in [0.4, 0.5) is 0 Å². The smallest absolute Gasteiger partial charge is 0.220 e. The molecule has 13 heavy (non-hydrogen) atoms. The topological polar surface area (TPSA) is 29.5 Å². The number of ether oxygens (including phenoxy) is 1. The normalized spacial score (nSPS) is 28.2. The van der Waals surface area contributed by atoms with Gasteiger partial charge < -0.3 is 9.64 Å². The Kier molecular flexibility index (Phi) is 2.94. The highest BCUT2D eigenvalue weighted by Crippen LogP contribution is 2.23. The first-order valence-corrected chi connectivity index (χ1v) is 4.50. The van der Waals surface area contributed by atoms with Gasteiger partial charge in [-0.05, 0) is 6.42 Å². The van der Waals surface area contributed by atoms with Gasteiger partial charge in [0.2, 0.25) is 5.91 Å². The molecule has 1 fully saturated rings. The highest BCUT2D eigenvalue weighted by Gasteiger charge is 2.37. The van der Waals surface area contributed by atoms with E-state index in [1.165, 1.54) is 0 Å². The van der Waals surface area contributed by atoms with Crippen LogP contribution >= 0.6 is 0 Å². The van der Waals surface area contributed by atoms with Crippen LogP contribution in [0.2, 0.25) is 0 Å². The lowest BCUT2D eigenvalue weighted by Gasteiger charge is -2.42. The molecule has 1 unspecified atom stereocenters. The van der Waals surface area contributed by atoms with Gasteiger partial charge in [-0.15, -0.1) is 6.42 Å². The first-order chi connectivity index (χ1) is 6.16. The van der Waals surface area contributed by atoms with E-state index in [9.17, 15) is 4.79 Å². The molecule has 0 radical (unpaired) electrons. The molecule has 1 amide bonds. The van der Waals surface area contributed by atoms with Crippen LogP contribution in [0.5, 0.6) is 0 Å². The van der Waals surface area contributed by atoms with Gasteiger partial charge in [0.15, 0.2) is 0 Å². The monoisotopic (exact) mass is 181 g/mol. The number of hydrogen-bond donors (Lipinski definition) is 0. The van der Waals surface area contributed by atoms with Crippen LogP contribution < -0.4 is 0 Å². The largest absolute Gasteiger partial charge is 0.376 e. The molecule has 0 aromatic carbocycles.